The zero-order valence-corrected chi connectivity index (χ0v) is 10.1. The number of ether oxygens (including phenoxy) is 1. The van der Waals surface area contributed by atoms with Crippen LogP contribution in [0.5, 0.6) is 0 Å². The van der Waals surface area contributed by atoms with E-state index in [0.29, 0.717) is 6.10 Å². The molecule has 0 amide bonds. The van der Waals surface area contributed by atoms with Gasteiger partial charge in [0, 0.05) is 0 Å². The number of hydrogen-bond acceptors (Lipinski definition) is 2. The Labute approximate surface area is 88.7 Å². The first kappa shape index (κ1) is 13.9. The van der Waals surface area contributed by atoms with Crippen molar-refractivity contribution in [1.82, 2.24) is 0 Å². The number of aliphatic hydroxyl groups excluding tert-OH is 1. The molecule has 0 aliphatic rings. The molecule has 0 saturated heterocycles. The summed E-state index contributed by atoms with van der Waals surface area (Å²) in [6.45, 7) is 8.23. The van der Waals surface area contributed by atoms with Gasteiger partial charge in [0.25, 0.3) is 0 Å². The summed E-state index contributed by atoms with van der Waals surface area (Å²) in [5, 5.41) is 9.22. The summed E-state index contributed by atoms with van der Waals surface area (Å²) in [4.78, 5) is 0. The Morgan fingerprint density at radius 1 is 1.07 bits per heavy atom. The Balaban J connectivity index is 3.76. The van der Waals surface area contributed by atoms with Gasteiger partial charge in [-0.15, -0.1) is 0 Å². The van der Waals surface area contributed by atoms with Gasteiger partial charge in [0.05, 0.1) is 18.3 Å². The summed E-state index contributed by atoms with van der Waals surface area (Å²) in [5.74, 6) is 0. The lowest BCUT2D eigenvalue weighted by Crippen LogP contribution is -2.23. The molecule has 0 fully saturated rings. The lowest BCUT2D eigenvalue weighted by Gasteiger charge is -2.22. The average Bonchev–Trinajstić information content (AvgIpc) is 2.03. The molecule has 86 valence electrons. The quantitative estimate of drug-likeness (QED) is 0.655. The highest BCUT2D eigenvalue weighted by molar-refractivity contribution is 4.62. The normalized spacial score (nSPS) is 15.9. The molecule has 1 N–H and O–H groups in total. The molecule has 2 nitrogen and oxygen atoms in total. The minimum absolute atomic E-state index is 0.179. The molecule has 2 heteroatoms. The average molecular weight is 202 g/mol. The number of aliphatic hydroxyl groups is 1. The van der Waals surface area contributed by atoms with Crippen LogP contribution in [0.25, 0.3) is 0 Å². The van der Waals surface area contributed by atoms with Crippen molar-refractivity contribution in [2.45, 2.75) is 78.1 Å². The van der Waals surface area contributed by atoms with Crippen LogP contribution in [0.3, 0.4) is 0 Å². The molecule has 0 aromatic heterocycles. The van der Waals surface area contributed by atoms with E-state index in [9.17, 15) is 5.11 Å². The first-order valence-electron chi connectivity index (χ1n) is 5.93. The van der Waals surface area contributed by atoms with Gasteiger partial charge in [-0.05, 0) is 33.1 Å². The molecule has 0 rings (SSSR count). The van der Waals surface area contributed by atoms with Gasteiger partial charge < -0.3 is 9.84 Å². The monoisotopic (exact) mass is 202 g/mol. The second-order valence-corrected chi connectivity index (χ2v) is 4.23. The topological polar surface area (TPSA) is 29.5 Å². The summed E-state index contributed by atoms with van der Waals surface area (Å²) < 4.78 is 5.88. The molecule has 0 unspecified atom stereocenters. The first-order chi connectivity index (χ1) is 6.60. The highest BCUT2D eigenvalue weighted by Crippen LogP contribution is 2.14. The van der Waals surface area contributed by atoms with Crippen molar-refractivity contribution in [2.75, 3.05) is 0 Å². The van der Waals surface area contributed by atoms with Crippen LogP contribution in [0.4, 0.5) is 0 Å². The molecular weight excluding hydrogens is 176 g/mol. The Hall–Kier alpha value is -0.0800. The first-order valence-corrected chi connectivity index (χ1v) is 5.93. The lowest BCUT2D eigenvalue weighted by atomic mass is 10.1. The molecule has 0 aliphatic heterocycles. The summed E-state index contributed by atoms with van der Waals surface area (Å²) >= 11 is 0. The fourth-order valence-corrected chi connectivity index (χ4v) is 1.79. The molecule has 2 atom stereocenters. The number of hydrogen-bond donors (Lipinski definition) is 1. The van der Waals surface area contributed by atoms with Crippen LogP contribution in [-0.2, 0) is 4.74 Å². The molecule has 0 radical (unpaired) electrons. The van der Waals surface area contributed by atoms with Gasteiger partial charge in [0.2, 0.25) is 0 Å². The molecular formula is C12H26O2. The Morgan fingerprint density at radius 2 is 1.57 bits per heavy atom. The van der Waals surface area contributed by atoms with Gasteiger partial charge in [-0.3, -0.25) is 0 Å². The zero-order valence-electron chi connectivity index (χ0n) is 10.1. The van der Waals surface area contributed by atoms with E-state index in [2.05, 4.69) is 13.8 Å². The van der Waals surface area contributed by atoms with Crippen molar-refractivity contribution >= 4 is 0 Å². The van der Waals surface area contributed by atoms with Crippen LogP contribution in [0.2, 0.25) is 0 Å². The Bertz CT molecular complexity index is 117. The van der Waals surface area contributed by atoms with Crippen molar-refractivity contribution in [2.24, 2.45) is 0 Å². The van der Waals surface area contributed by atoms with Gasteiger partial charge >= 0.3 is 0 Å². The van der Waals surface area contributed by atoms with Gasteiger partial charge in [-0.1, -0.05) is 26.7 Å². The lowest BCUT2D eigenvalue weighted by molar-refractivity contribution is -0.0313. The predicted octanol–water partition coefficient (Wildman–Crippen LogP) is 3.13. The smallest absolute Gasteiger partial charge is 0.0578 e. The minimum atomic E-state index is -0.256. The third kappa shape index (κ3) is 7.34. The van der Waals surface area contributed by atoms with Crippen molar-refractivity contribution in [1.29, 1.82) is 0 Å². The Morgan fingerprint density at radius 3 is 1.93 bits per heavy atom. The van der Waals surface area contributed by atoms with Crippen molar-refractivity contribution < 1.29 is 9.84 Å². The van der Waals surface area contributed by atoms with Crippen molar-refractivity contribution in [3.05, 3.63) is 0 Å². The highest BCUT2D eigenvalue weighted by Gasteiger charge is 2.13. The summed E-state index contributed by atoms with van der Waals surface area (Å²) in [6, 6.07) is 0. The SMILES string of the molecule is CCCC(CCC)O[C@H](C)C[C@@H](C)O. The standard InChI is InChI=1S/C12H26O2/c1-5-7-12(8-6-2)14-11(4)9-10(3)13/h10-13H,5-9H2,1-4H3/t10-,11-/m1/s1. The van der Waals surface area contributed by atoms with E-state index in [1.54, 1.807) is 0 Å². The second-order valence-electron chi connectivity index (χ2n) is 4.23. The van der Waals surface area contributed by atoms with Gasteiger partial charge in [-0.2, -0.15) is 0 Å². The van der Waals surface area contributed by atoms with E-state index in [4.69, 9.17) is 4.74 Å². The van der Waals surface area contributed by atoms with Crippen LogP contribution in [0.1, 0.15) is 59.8 Å². The van der Waals surface area contributed by atoms with Gasteiger partial charge in [0.1, 0.15) is 0 Å². The summed E-state index contributed by atoms with van der Waals surface area (Å²) in [6.07, 6.45) is 5.67. The minimum Gasteiger partial charge on any atom is -0.393 e. The predicted molar refractivity (Wildman–Crippen MR) is 60.4 cm³/mol. The maximum absolute atomic E-state index is 9.22. The Kier molecular flexibility index (Phi) is 8.20. The van der Waals surface area contributed by atoms with E-state index < -0.39 is 0 Å². The largest absolute Gasteiger partial charge is 0.393 e. The van der Waals surface area contributed by atoms with E-state index in [0.717, 1.165) is 19.3 Å². The molecule has 0 aromatic rings. The maximum atomic E-state index is 9.22. The van der Waals surface area contributed by atoms with Crippen LogP contribution in [0, 0.1) is 0 Å². The third-order valence-electron chi connectivity index (χ3n) is 2.32. The molecule has 0 aromatic carbocycles. The van der Waals surface area contributed by atoms with E-state index >= 15 is 0 Å². The van der Waals surface area contributed by atoms with Crippen molar-refractivity contribution in [3.8, 4) is 0 Å². The number of rotatable bonds is 8. The van der Waals surface area contributed by atoms with Crippen LogP contribution >= 0.6 is 0 Å². The molecule has 0 spiro atoms. The molecule has 0 aliphatic carbocycles. The fourth-order valence-electron chi connectivity index (χ4n) is 1.79. The van der Waals surface area contributed by atoms with E-state index in [1.807, 2.05) is 13.8 Å². The van der Waals surface area contributed by atoms with Crippen LogP contribution in [0.15, 0.2) is 0 Å². The third-order valence-corrected chi connectivity index (χ3v) is 2.32. The molecule has 0 saturated carbocycles. The second kappa shape index (κ2) is 8.25. The van der Waals surface area contributed by atoms with Gasteiger partial charge in [0.15, 0.2) is 0 Å². The molecule has 14 heavy (non-hydrogen) atoms. The summed E-state index contributed by atoms with van der Waals surface area (Å²) in [5.41, 5.74) is 0. The fraction of sp³-hybridized carbons (Fsp3) is 1.00. The maximum Gasteiger partial charge on any atom is 0.0578 e. The highest BCUT2D eigenvalue weighted by atomic mass is 16.5. The molecule has 0 bridgehead atoms. The van der Waals surface area contributed by atoms with Crippen molar-refractivity contribution in [3.63, 3.8) is 0 Å². The van der Waals surface area contributed by atoms with E-state index in [-0.39, 0.29) is 12.2 Å². The van der Waals surface area contributed by atoms with Crippen LogP contribution < -0.4 is 0 Å². The summed E-state index contributed by atoms with van der Waals surface area (Å²) in [7, 11) is 0. The molecule has 0 heterocycles. The van der Waals surface area contributed by atoms with Gasteiger partial charge in [-0.25, -0.2) is 0 Å². The van der Waals surface area contributed by atoms with Crippen LogP contribution in [-0.4, -0.2) is 23.4 Å². The zero-order chi connectivity index (χ0) is 11.0. The van der Waals surface area contributed by atoms with E-state index in [1.165, 1.54) is 12.8 Å².